The van der Waals surface area contributed by atoms with Gasteiger partial charge in [-0.3, -0.25) is 9.59 Å². The molecule has 2 aromatic carbocycles. The Bertz CT molecular complexity index is 793. The molecule has 1 heterocycles. The van der Waals surface area contributed by atoms with Gasteiger partial charge in [-0.15, -0.1) is 0 Å². The molecule has 0 aliphatic carbocycles. The molecule has 3 rings (SSSR count). The molecule has 1 fully saturated rings. The molecule has 2 amide bonds. The van der Waals surface area contributed by atoms with E-state index in [-0.39, 0.29) is 23.5 Å². The Labute approximate surface area is 163 Å². The summed E-state index contributed by atoms with van der Waals surface area (Å²) in [6.07, 6.45) is 2.22. The Hall–Kier alpha value is -2.40. The van der Waals surface area contributed by atoms with Crippen LogP contribution in [-0.4, -0.2) is 36.3 Å². The second kappa shape index (κ2) is 9.00. The number of hydrogen-bond acceptors (Lipinski definition) is 2. The van der Waals surface area contributed by atoms with Crippen LogP contribution < -0.4 is 5.32 Å². The van der Waals surface area contributed by atoms with Crippen molar-refractivity contribution in [2.24, 2.45) is 5.92 Å². The van der Waals surface area contributed by atoms with Crippen molar-refractivity contribution in [2.45, 2.75) is 19.3 Å². The summed E-state index contributed by atoms with van der Waals surface area (Å²) in [4.78, 5) is 26.8. The summed E-state index contributed by atoms with van der Waals surface area (Å²) < 4.78 is 12.9. The Morgan fingerprint density at radius 1 is 1.11 bits per heavy atom. The number of rotatable bonds is 5. The minimum Gasteiger partial charge on any atom is -0.355 e. The molecule has 0 radical (unpaired) electrons. The molecule has 0 bridgehead atoms. The van der Waals surface area contributed by atoms with Crippen molar-refractivity contribution in [2.75, 3.05) is 19.6 Å². The highest BCUT2D eigenvalue weighted by Crippen LogP contribution is 2.20. The van der Waals surface area contributed by atoms with E-state index >= 15 is 0 Å². The zero-order valence-corrected chi connectivity index (χ0v) is 15.7. The highest BCUT2D eigenvalue weighted by molar-refractivity contribution is 6.30. The number of amides is 2. The summed E-state index contributed by atoms with van der Waals surface area (Å²) >= 11 is 5.87. The number of nitrogens with one attached hydrogen (secondary N) is 1. The number of piperidine rings is 1. The maximum Gasteiger partial charge on any atom is 0.253 e. The zero-order chi connectivity index (χ0) is 19.2. The van der Waals surface area contributed by atoms with E-state index in [2.05, 4.69) is 5.32 Å². The molecular formula is C21H22ClFN2O2. The molecule has 6 heteroatoms. The van der Waals surface area contributed by atoms with E-state index in [4.69, 9.17) is 11.6 Å². The fourth-order valence-electron chi connectivity index (χ4n) is 3.28. The normalized spacial score (nSPS) is 16.8. The molecular weight excluding hydrogens is 367 g/mol. The molecule has 1 aliphatic heterocycles. The van der Waals surface area contributed by atoms with E-state index in [1.165, 1.54) is 12.1 Å². The lowest BCUT2D eigenvalue weighted by Gasteiger charge is -2.32. The van der Waals surface area contributed by atoms with E-state index in [0.29, 0.717) is 36.6 Å². The monoisotopic (exact) mass is 388 g/mol. The molecule has 4 nitrogen and oxygen atoms in total. The van der Waals surface area contributed by atoms with Crippen LogP contribution in [0.2, 0.25) is 5.02 Å². The molecule has 2 aromatic rings. The van der Waals surface area contributed by atoms with E-state index < -0.39 is 0 Å². The first-order chi connectivity index (χ1) is 13.0. The van der Waals surface area contributed by atoms with Crippen LogP contribution in [-0.2, 0) is 11.2 Å². The van der Waals surface area contributed by atoms with Crippen LogP contribution in [0.3, 0.4) is 0 Å². The van der Waals surface area contributed by atoms with Crippen LogP contribution in [0.1, 0.15) is 28.8 Å². The van der Waals surface area contributed by atoms with Crippen molar-refractivity contribution in [1.82, 2.24) is 10.2 Å². The maximum absolute atomic E-state index is 12.9. The lowest BCUT2D eigenvalue weighted by molar-refractivity contribution is -0.126. The molecule has 1 atom stereocenters. The van der Waals surface area contributed by atoms with Crippen LogP contribution in [0.5, 0.6) is 0 Å². The van der Waals surface area contributed by atoms with Gasteiger partial charge in [0.15, 0.2) is 0 Å². The van der Waals surface area contributed by atoms with Gasteiger partial charge in [0.2, 0.25) is 5.91 Å². The van der Waals surface area contributed by atoms with Gasteiger partial charge < -0.3 is 10.2 Å². The topological polar surface area (TPSA) is 49.4 Å². The summed E-state index contributed by atoms with van der Waals surface area (Å²) in [6, 6.07) is 13.1. The largest absolute Gasteiger partial charge is 0.355 e. The van der Waals surface area contributed by atoms with Crippen molar-refractivity contribution in [3.05, 3.63) is 70.5 Å². The fraction of sp³-hybridized carbons (Fsp3) is 0.333. The lowest BCUT2D eigenvalue weighted by atomic mass is 9.96. The first-order valence-electron chi connectivity index (χ1n) is 9.10. The molecule has 0 spiro atoms. The third-order valence-corrected chi connectivity index (χ3v) is 5.05. The summed E-state index contributed by atoms with van der Waals surface area (Å²) in [5, 5.41) is 3.52. The number of carbonyl (C=O) groups excluding carboxylic acids is 2. The van der Waals surface area contributed by atoms with Crippen LogP contribution >= 0.6 is 11.6 Å². The van der Waals surface area contributed by atoms with Crippen LogP contribution in [0.4, 0.5) is 4.39 Å². The zero-order valence-electron chi connectivity index (χ0n) is 15.0. The minimum atomic E-state index is -0.268. The Kier molecular flexibility index (Phi) is 6.45. The second-order valence-electron chi connectivity index (χ2n) is 6.76. The van der Waals surface area contributed by atoms with Crippen molar-refractivity contribution in [3.8, 4) is 0 Å². The Morgan fingerprint density at radius 3 is 2.52 bits per heavy atom. The van der Waals surface area contributed by atoms with Crippen molar-refractivity contribution in [1.29, 1.82) is 0 Å². The molecule has 1 aliphatic rings. The van der Waals surface area contributed by atoms with Crippen LogP contribution in [0, 0.1) is 11.7 Å². The van der Waals surface area contributed by atoms with Crippen molar-refractivity contribution >= 4 is 23.4 Å². The second-order valence-corrected chi connectivity index (χ2v) is 7.20. The third-order valence-electron chi connectivity index (χ3n) is 4.80. The Balaban J connectivity index is 1.50. The summed E-state index contributed by atoms with van der Waals surface area (Å²) in [7, 11) is 0. The number of nitrogens with zero attached hydrogens (tertiary/aromatic N) is 1. The quantitative estimate of drug-likeness (QED) is 0.849. The number of carbonyl (C=O) groups is 2. The number of halogens is 2. The molecule has 0 saturated carbocycles. The van der Waals surface area contributed by atoms with E-state index in [1.54, 1.807) is 41.3 Å². The first kappa shape index (κ1) is 19.4. The molecule has 0 aromatic heterocycles. The third kappa shape index (κ3) is 5.30. The maximum atomic E-state index is 12.9. The van der Waals surface area contributed by atoms with Gasteiger partial charge in [0, 0.05) is 30.2 Å². The molecule has 1 saturated heterocycles. The summed E-state index contributed by atoms with van der Waals surface area (Å²) in [5.74, 6) is -0.583. The predicted molar refractivity (Wildman–Crippen MR) is 103 cm³/mol. The van der Waals surface area contributed by atoms with E-state index in [1.807, 2.05) is 0 Å². The smallest absolute Gasteiger partial charge is 0.253 e. The van der Waals surface area contributed by atoms with Crippen molar-refractivity contribution in [3.63, 3.8) is 0 Å². The number of likely N-dealkylation sites (tertiary alicyclic amines) is 1. The average molecular weight is 389 g/mol. The Morgan fingerprint density at radius 2 is 1.81 bits per heavy atom. The molecule has 0 unspecified atom stereocenters. The SMILES string of the molecule is O=C(NCCc1ccc(F)cc1)[C@H]1CCCN(C(=O)c2ccc(Cl)cc2)C1. The van der Waals surface area contributed by atoms with Crippen LogP contribution in [0.15, 0.2) is 48.5 Å². The average Bonchev–Trinajstić information content (AvgIpc) is 2.69. The van der Waals surface area contributed by atoms with Gasteiger partial charge in [-0.2, -0.15) is 0 Å². The van der Waals surface area contributed by atoms with Gasteiger partial charge in [0.1, 0.15) is 5.82 Å². The number of hydrogen-bond donors (Lipinski definition) is 1. The summed E-state index contributed by atoms with van der Waals surface area (Å²) in [5.41, 5.74) is 1.55. The lowest BCUT2D eigenvalue weighted by Crippen LogP contribution is -2.45. The molecule has 1 N–H and O–H groups in total. The predicted octanol–water partition coefficient (Wildman–Crippen LogP) is 3.69. The first-order valence-corrected chi connectivity index (χ1v) is 9.48. The van der Waals surface area contributed by atoms with E-state index in [9.17, 15) is 14.0 Å². The fourth-order valence-corrected chi connectivity index (χ4v) is 3.40. The van der Waals surface area contributed by atoms with Gasteiger partial charge in [0.25, 0.3) is 5.91 Å². The highest BCUT2D eigenvalue weighted by Gasteiger charge is 2.28. The standard InChI is InChI=1S/C21H22ClFN2O2/c22-18-7-5-16(6-8-18)21(27)25-13-1-2-17(14-25)20(26)24-12-11-15-3-9-19(23)10-4-15/h3-10,17H,1-2,11-14H2,(H,24,26)/t17-/m0/s1. The van der Waals surface area contributed by atoms with Gasteiger partial charge in [-0.25, -0.2) is 4.39 Å². The van der Waals surface area contributed by atoms with Gasteiger partial charge in [-0.1, -0.05) is 23.7 Å². The highest BCUT2D eigenvalue weighted by atomic mass is 35.5. The van der Waals surface area contributed by atoms with Gasteiger partial charge in [-0.05, 0) is 61.2 Å². The summed E-state index contributed by atoms with van der Waals surface area (Å²) in [6.45, 7) is 1.57. The molecule has 27 heavy (non-hydrogen) atoms. The van der Waals surface area contributed by atoms with Crippen LogP contribution in [0.25, 0.3) is 0 Å². The number of benzene rings is 2. The van der Waals surface area contributed by atoms with Crippen molar-refractivity contribution < 1.29 is 14.0 Å². The minimum absolute atomic E-state index is 0.0364. The van der Waals surface area contributed by atoms with Gasteiger partial charge in [0.05, 0.1) is 5.92 Å². The van der Waals surface area contributed by atoms with Gasteiger partial charge >= 0.3 is 0 Å². The molecule has 142 valence electrons. The van der Waals surface area contributed by atoms with E-state index in [0.717, 1.165) is 18.4 Å².